The number of rotatable bonds is 4. The number of amides is 1. The molecule has 1 spiro atoms. The number of aromatic nitrogens is 1. The van der Waals surface area contributed by atoms with Gasteiger partial charge in [-0.3, -0.25) is 9.69 Å². The van der Waals surface area contributed by atoms with Crippen molar-refractivity contribution in [3.8, 4) is 0 Å². The Labute approximate surface area is 218 Å². The standard InChI is InChI=1S/C27H23Cl3FN3O/c28-19-6-7-24-21(16-19)27(17-34(24)26(35)18-8-11-32-25(30)15-18)9-13-33(14-10-27)12-2-3-20-22(29)4-1-5-23(20)31/h1-8,11,15-16H,9-10,12-14,17H2/b3-2+. The summed E-state index contributed by atoms with van der Waals surface area (Å²) in [6, 6.07) is 13.7. The lowest BCUT2D eigenvalue weighted by molar-refractivity contribution is 0.0977. The molecule has 2 aliphatic rings. The summed E-state index contributed by atoms with van der Waals surface area (Å²) in [5, 5.41) is 1.36. The van der Waals surface area contributed by atoms with Crippen LogP contribution in [0.3, 0.4) is 0 Å². The minimum atomic E-state index is -0.328. The van der Waals surface area contributed by atoms with Crippen molar-refractivity contribution in [1.29, 1.82) is 0 Å². The third kappa shape index (κ3) is 4.83. The molecule has 0 saturated carbocycles. The smallest absolute Gasteiger partial charge is 0.258 e. The number of nitrogens with zero attached hydrogens (tertiary/aromatic N) is 3. The highest BCUT2D eigenvalue weighted by Crippen LogP contribution is 2.48. The Hall–Kier alpha value is -2.44. The number of halogens is 4. The molecule has 3 heterocycles. The molecule has 180 valence electrons. The summed E-state index contributed by atoms with van der Waals surface area (Å²) in [7, 11) is 0. The van der Waals surface area contributed by atoms with Gasteiger partial charge in [0.1, 0.15) is 11.0 Å². The van der Waals surface area contributed by atoms with Gasteiger partial charge in [0.25, 0.3) is 5.91 Å². The fraction of sp³-hybridized carbons (Fsp3) is 0.259. The van der Waals surface area contributed by atoms with Gasteiger partial charge < -0.3 is 4.90 Å². The van der Waals surface area contributed by atoms with Gasteiger partial charge in [-0.2, -0.15) is 0 Å². The first-order chi connectivity index (χ1) is 16.9. The van der Waals surface area contributed by atoms with E-state index in [0.717, 1.165) is 37.2 Å². The molecule has 1 amide bonds. The molecule has 0 bridgehead atoms. The average molecular weight is 531 g/mol. The first-order valence-corrected chi connectivity index (χ1v) is 12.6. The van der Waals surface area contributed by atoms with Crippen molar-refractivity contribution >= 4 is 52.5 Å². The summed E-state index contributed by atoms with van der Waals surface area (Å²) in [5.74, 6) is -0.423. The van der Waals surface area contributed by atoms with Crippen LogP contribution in [0.25, 0.3) is 6.08 Å². The zero-order valence-electron chi connectivity index (χ0n) is 18.9. The van der Waals surface area contributed by atoms with Crippen LogP contribution in [0.1, 0.15) is 34.3 Å². The highest BCUT2D eigenvalue weighted by atomic mass is 35.5. The summed E-state index contributed by atoms with van der Waals surface area (Å²) in [5.41, 5.74) is 2.77. The number of hydrogen-bond donors (Lipinski definition) is 0. The molecular formula is C27H23Cl3FN3O. The minimum absolute atomic E-state index is 0.0955. The van der Waals surface area contributed by atoms with Crippen LogP contribution in [0, 0.1) is 5.82 Å². The maximum atomic E-state index is 14.0. The van der Waals surface area contributed by atoms with Gasteiger partial charge in [-0.15, -0.1) is 0 Å². The largest absolute Gasteiger partial charge is 0.307 e. The molecule has 35 heavy (non-hydrogen) atoms. The van der Waals surface area contributed by atoms with Crippen molar-refractivity contribution in [2.24, 2.45) is 0 Å². The molecule has 4 nitrogen and oxygen atoms in total. The van der Waals surface area contributed by atoms with E-state index in [2.05, 4.69) is 9.88 Å². The van der Waals surface area contributed by atoms with Gasteiger partial charge in [0.2, 0.25) is 0 Å². The van der Waals surface area contributed by atoms with Crippen LogP contribution in [0.4, 0.5) is 10.1 Å². The molecule has 1 aromatic heterocycles. The lowest BCUT2D eigenvalue weighted by atomic mass is 9.74. The molecular weight excluding hydrogens is 508 g/mol. The molecule has 2 aliphatic heterocycles. The molecule has 3 aromatic rings. The maximum absolute atomic E-state index is 14.0. The van der Waals surface area contributed by atoms with Crippen molar-refractivity contribution in [3.63, 3.8) is 0 Å². The van der Waals surface area contributed by atoms with Crippen LogP contribution in [0.2, 0.25) is 15.2 Å². The van der Waals surface area contributed by atoms with E-state index in [1.54, 1.807) is 36.5 Å². The normalized spacial score (nSPS) is 17.3. The molecule has 2 aromatic carbocycles. The summed E-state index contributed by atoms with van der Waals surface area (Å²) >= 11 is 18.5. The Morgan fingerprint density at radius 1 is 1.09 bits per heavy atom. The minimum Gasteiger partial charge on any atom is -0.307 e. The maximum Gasteiger partial charge on any atom is 0.258 e. The van der Waals surface area contributed by atoms with Gasteiger partial charge >= 0.3 is 0 Å². The number of likely N-dealkylation sites (tertiary alicyclic amines) is 1. The van der Waals surface area contributed by atoms with Crippen LogP contribution >= 0.6 is 34.8 Å². The third-order valence-corrected chi connectivity index (χ3v) is 7.73. The second-order valence-electron chi connectivity index (χ2n) is 9.04. The monoisotopic (exact) mass is 529 g/mol. The van der Waals surface area contributed by atoms with Crippen LogP contribution < -0.4 is 4.90 Å². The van der Waals surface area contributed by atoms with Crippen molar-refractivity contribution in [2.45, 2.75) is 18.3 Å². The molecule has 5 rings (SSSR count). The van der Waals surface area contributed by atoms with E-state index in [0.29, 0.717) is 39.4 Å². The van der Waals surface area contributed by atoms with E-state index in [1.165, 1.54) is 6.07 Å². The van der Waals surface area contributed by atoms with Crippen molar-refractivity contribution in [1.82, 2.24) is 9.88 Å². The fourth-order valence-electron chi connectivity index (χ4n) is 5.09. The molecule has 1 fully saturated rings. The number of carbonyl (C=O) groups is 1. The van der Waals surface area contributed by atoms with Crippen LogP contribution in [0.15, 0.2) is 60.8 Å². The zero-order chi connectivity index (χ0) is 24.6. The summed E-state index contributed by atoms with van der Waals surface area (Å²) in [6.45, 7) is 2.99. The highest BCUT2D eigenvalue weighted by molar-refractivity contribution is 6.32. The number of pyridine rings is 1. The highest BCUT2D eigenvalue weighted by Gasteiger charge is 2.46. The van der Waals surface area contributed by atoms with Crippen molar-refractivity contribution in [2.75, 3.05) is 31.1 Å². The molecule has 0 atom stereocenters. The van der Waals surface area contributed by atoms with Crippen molar-refractivity contribution in [3.05, 3.63) is 98.5 Å². The van der Waals surface area contributed by atoms with Gasteiger partial charge in [-0.1, -0.05) is 53.0 Å². The SMILES string of the molecule is O=C(c1ccnc(Cl)c1)N1CC2(CCN(C/C=C/c3c(F)cccc3Cl)CC2)c2cc(Cl)ccc21. The number of benzene rings is 2. The van der Waals surface area contributed by atoms with Gasteiger partial charge in [0.05, 0.1) is 5.02 Å². The molecule has 1 saturated heterocycles. The molecule has 0 aliphatic carbocycles. The van der Waals surface area contributed by atoms with Crippen LogP contribution in [-0.4, -0.2) is 42.0 Å². The van der Waals surface area contributed by atoms with Crippen molar-refractivity contribution < 1.29 is 9.18 Å². The first-order valence-electron chi connectivity index (χ1n) is 11.4. The predicted octanol–water partition coefficient (Wildman–Crippen LogP) is 6.89. The van der Waals surface area contributed by atoms with Gasteiger partial charge in [-0.25, -0.2) is 9.37 Å². The second kappa shape index (κ2) is 9.90. The number of fused-ring (bicyclic) bond motifs is 2. The van der Waals surface area contributed by atoms with E-state index in [4.69, 9.17) is 34.8 Å². The quantitative estimate of drug-likeness (QED) is 0.345. The molecule has 0 radical (unpaired) electrons. The summed E-state index contributed by atoms with van der Waals surface area (Å²) in [4.78, 5) is 21.6. The lowest BCUT2D eigenvalue weighted by Crippen LogP contribution is -2.46. The molecule has 0 unspecified atom stereocenters. The third-order valence-electron chi connectivity index (χ3n) is 6.96. The average Bonchev–Trinajstić information content (AvgIpc) is 3.15. The Morgan fingerprint density at radius 3 is 2.63 bits per heavy atom. The predicted molar refractivity (Wildman–Crippen MR) is 140 cm³/mol. The van der Waals surface area contributed by atoms with E-state index >= 15 is 0 Å². The summed E-state index contributed by atoms with van der Waals surface area (Å²) < 4.78 is 14.0. The number of hydrogen-bond acceptors (Lipinski definition) is 3. The topological polar surface area (TPSA) is 36.4 Å². The second-order valence-corrected chi connectivity index (χ2v) is 10.3. The van der Waals surface area contributed by atoms with Gasteiger partial charge in [0.15, 0.2) is 0 Å². The Kier molecular flexibility index (Phi) is 6.86. The lowest BCUT2D eigenvalue weighted by Gasteiger charge is -2.39. The Bertz CT molecular complexity index is 1280. The van der Waals surface area contributed by atoms with E-state index in [1.807, 2.05) is 29.2 Å². The van der Waals surface area contributed by atoms with E-state index < -0.39 is 0 Å². The fourth-order valence-corrected chi connectivity index (χ4v) is 5.67. The number of carbonyl (C=O) groups excluding carboxylic acids is 1. The summed E-state index contributed by atoms with van der Waals surface area (Å²) in [6.07, 6.45) is 7.01. The van der Waals surface area contributed by atoms with E-state index in [9.17, 15) is 9.18 Å². The van der Waals surface area contributed by atoms with Gasteiger partial charge in [-0.05, 0) is 74.0 Å². The Morgan fingerprint density at radius 2 is 1.89 bits per heavy atom. The van der Waals surface area contributed by atoms with Crippen LogP contribution in [0.5, 0.6) is 0 Å². The Balaban J connectivity index is 1.32. The number of anilines is 1. The van der Waals surface area contributed by atoms with E-state index in [-0.39, 0.29) is 17.1 Å². The first kappa shape index (κ1) is 24.3. The van der Waals surface area contributed by atoms with Gasteiger partial charge in [0, 0.05) is 46.5 Å². The zero-order valence-corrected chi connectivity index (χ0v) is 21.1. The molecule has 0 N–H and O–H groups in total. The number of piperidine rings is 1. The van der Waals surface area contributed by atoms with Crippen LogP contribution in [-0.2, 0) is 5.41 Å². The molecule has 8 heteroatoms.